The second kappa shape index (κ2) is 5.19. The van der Waals surface area contributed by atoms with Crippen LogP contribution < -0.4 is 0 Å². The summed E-state index contributed by atoms with van der Waals surface area (Å²) in [7, 11) is 0. The Morgan fingerprint density at radius 3 is 2.55 bits per heavy atom. The summed E-state index contributed by atoms with van der Waals surface area (Å²) < 4.78 is 0. The maximum absolute atomic E-state index is 11.8. The summed E-state index contributed by atoms with van der Waals surface area (Å²) in [5.74, 6) is 0.247. The van der Waals surface area contributed by atoms with Crippen LogP contribution in [0, 0.1) is 0 Å². The van der Waals surface area contributed by atoms with Crippen LogP contribution in [0.1, 0.15) is 22.3 Å². The predicted molar refractivity (Wildman–Crippen MR) is 85.6 cm³/mol. The van der Waals surface area contributed by atoms with Crippen LogP contribution in [0.2, 0.25) is 0 Å². The van der Waals surface area contributed by atoms with Crippen molar-refractivity contribution >= 4 is 5.78 Å². The lowest BCUT2D eigenvalue weighted by Crippen LogP contribution is -1.93. The molecule has 1 aliphatic carbocycles. The number of carbonyl (C=O) groups excluding carboxylic acids is 1. The maximum atomic E-state index is 11.8. The van der Waals surface area contributed by atoms with Gasteiger partial charge in [-0.05, 0) is 41.8 Å². The molecule has 0 aliphatic heterocycles. The molecule has 0 unspecified atom stereocenters. The third kappa shape index (κ3) is 2.11. The van der Waals surface area contributed by atoms with Crippen molar-refractivity contribution < 1.29 is 4.79 Å². The third-order valence-corrected chi connectivity index (χ3v) is 4.10. The lowest BCUT2D eigenvalue weighted by molar-refractivity contribution is 0.0994. The summed E-state index contributed by atoms with van der Waals surface area (Å²) in [5.41, 5.74) is 6.17. The van der Waals surface area contributed by atoms with E-state index in [0.29, 0.717) is 6.42 Å². The molecular formula is C19H14N2O. The largest absolute Gasteiger partial charge is 0.294 e. The van der Waals surface area contributed by atoms with Crippen molar-refractivity contribution in [1.29, 1.82) is 0 Å². The van der Waals surface area contributed by atoms with E-state index in [0.717, 1.165) is 39.9 Å². The molecule has 0 spiro atoms. The highest BCUT2D eigenvalue weighted by atomic mass is 16.1. The van der Waals surface area contributed by atoms with Gasteiger partial charge in [0, 0.05) is 41.7 Å². The van der Waals surface area contributed by atoms with Crippen LogP contribution in [0.15, 0.2) is 61.1 Å². The Balaban J connectivity index is 1.86. The fraction of sp³-hybridized carbons (Fsp3) is 0.105. The molecule has 0 atom stereocenters. The van der Waals surface area contributed by atoms with Crippen LogP contribution in [0.5, 0.6) is 0 Å². The Kier molecular flexibility index (Phi) is 3.04. The molecule has 0 amide bonds. The molecule has 3 aromatic rings. The average molecular weight is 286 g/mol. The third-order valence-electron chi connectivity index (χ3n) is 4.10. The quantitative estimate of drug-likeness (QED) is 0.716. The molecule has 4 rings (SSSR count). The van der Waals surface area contributed by atoms with Gasteiger partial charge < -0.3 is 0 Å². The molecule has 106 valence electrons. The van der Waals surface area contributed by atoms with Gasteiger partial charge in [0.15, 0.2) is 5.78 Å². The minimum Gasteiger partial charge on any atom is -0.294 e. The molecule has 2 heterocycles. The number of benzene rings is 1. The van der Waals surface area contributed by atoms with Crippen molar-refractivity contribution in [1.82, 2.24) is 9.97 Å². The van der Waals surface area contributed by atoms with E-state index in [1.165, 1.54) is 0 Å². The van der Waals surface area contributed by atoms with Crippen molar-refractivity contribution in [2.75, 3.05) is 0 Å². The van der Waals surface area contributed by atoms with Crippen LogP contribution >= 0.6 is 0 Å². The number of ketones is 1. The highest BCUT2D eigenvalue weighted by Crippen LogP contribution is 2.32. The first kappa shape index (κ1) is 12.9. The SMILES string of the molecule is O=C1CCc2cc(-c3ncccc3-c3ccncc3)ccc21. The molecule has 0 fully saturated rings. The van der Waals surface area contributed by atoms with Crippen LogP contribution in [0.3, 0.4) is 0 Å². The van der Waals surface area contributed by atoms with Gasteiger partial charge in [-0.15, -0.1) is 0 Å². The Bertz CT molecular complexity index is 856. The van der Waals surface area contributed by atoms with Gasteiger partial charge in [-0.3, -0.25) is 14.8 Å². The molecule has 0 radical (unpaired) electrons. The van der Waals surface area contributed by atoms with Gasteiger partial charge in [-0.1, -0.05) is 18.2 Å². The van der Waals surface area contributed by atoms with E-state index < -0.39 is 0 Å². The topological polar surface area (TPSA) is 42.9 Å². The van der Waals surface area contributed by atoms with Crippen molar-refractivity contribution in [3.63, 3.8) is 0 Å². The number of nitrogens with zero attached hydrogens (tertiary/aromatic N) is 2. The molecule has 3 heteroatoms. The van der Waals surface area contributed by atoms with Crippen LogP contribution in [0.4, 0.5) is 0 Å². The average Bonchev–Trinajstić information content (AvgIpc) is 2.96. The summed E-state index contributed by atoms with van der Waals surface area (Å²) in [6.45, 7) is 0. The highest BCUT2D eigenvalue weighted by Gasteiger charge is 2.20. The first-order valence-corrected chi connectivity index (χ1v) is 7.35. The minimum atomic E-state index is 0.247. The van der Waals surface area contributed by atoms with Crippen molar-refractivity contribution in [3.05, 3.63) is 72.2 Å². The Morgan fingerprint density at radius 1 is 0.818 bits per heavy atom. The first-order valence-electron chi connectivity index (χ1n) is 7.35. The lowest BCUT2D eigenvalue weighted by Gasteiger charge is -2.10. The smallest absolute Gasteiger partial charge is 0.163 e. The Hall–Kier alpha value is -2.81. The minimum absolute atomic E-state index is 0.247. The molecule has 1 aromatic carbocycles. The van der Waals surface area contributed by atoms with E-state index in [1.54, 1.807) is 18.6 Å². The normalized spacial score (nSPS) is 13.2. The highest BCUT2D eigenvalue weighted by molar-refractivity contribution is 6.01. The first-order chi connectivity index (χ1) is 10.8. The van der Waals surface area contributed by atoms with Crippen molar-refractivity contribution in [2.45, 2.75) is 12.8 Å². The molecule has 0 saturated carbocycles. The maximum Gasteiger partial charge on any atom is 0.163 e. The van der Waals surface area contributed by atoms with Gasteiger partial charge in [0.2, 0.25) is 0 Å². The van der Waals surface area contributed by atoms with Gasteiger partial charge in [0.1, 0.15) is 0 Å². The van der Waals surface area contributed by atoms with E-state index in [1.807, 2.05) is 30.3 Å². The molecule has 0 saturated heterocycles. The molecule has 2 aromatic heterocycles. The van der Waals surface area contributed by atoms with Gasteiger partial charge in [0.25, 0.3) is 0 Å². The van der Waals surface area contributed by atoms with Crippen LogP contribution in [-0.2, 0) is 6.42 Å². The number of carbonyl (C=O) groups is 1. The summed E-state index contributed by atoms with van der Waals surface area (Å²) in [6.07, 6.45) is 6.83. The zero-order valence-electron chi connectivity index (χ0n) is 12.0. The molecule has 1 aliphatic rings. The summed E-state index contributed by atoms with van der Waals surface area (Å²) in [6, 6.07) is 14.0. The number of aryl methyl sites for hydroxylation is 1. The summed E-state index contributed by atoms with van der Waals surface area (Å²) in [4.78, 5) is 20.4. The summed E-state index contributed by atoms with van der Waals surface area (Å²) >= 11 is 0. The number of rotatable bonds is 2. The zero-order valence-corrected chi connectivity index (χ0v) is 12.0. The van der Waals surface area contributed by atoms with E-state index >= 15 is 0 Å². The predicted octanol–water partition coefficient (Wildman–Crippen LogP) is 3.94. The number of Topliss-reactive ketones (excluding diaryl/α,β-unsaturated/α-hetero) is 1. The summed E-state index contributed by atoms with van der Waals surface area (Å²) in [5, 5.41) is 0. The van der Waals surface area contributed by atoms with Gasteiger partial charge in [0.05, 0.1) is 5.69 Å². The number of hydrogen-bond acceptors (Lipinski definition) is 3. The zero-order chi connectivity index (χ0) is 14.9. The van der Waals surface area contributed by atoms with Crippen LogP contribution in [-0.4, -0.2) is 15.8 Å². The van der Waals surface area contributed by atoms with Crippen molar-refractivity contribution in [3.8, 4) is 22.4 Å². The second-order valence-electron chi connectivity index (χ2n) is 5.43. The van der Waals surface area contributed by atoms with E-state index in [2.05, 4.69) is 22.1 Å². The fourth-order valence-electron chi connectivity index (χ4n) is 3.00. The van der Waals surface area contributed by atoms with Gasteiger partial charge in [-0.25, -0.2) is 0 Å². The standard InChI is InChI=1S/C19H14N2O/c22-18-6-4-14-12-15(3-5-16(14)18)19-17(2-1-9-21-19)13-7-10-20-11-8-13/h1-3,5,7-12H,4,6H2. The van der Waals surface area contributed by atoms with E-state index in [9.17, 15) is 4.79 Å². The lowest BCUT2D eigenvalue weighted by atomic mass is 9.97. The van der Waals surface area contributed by atoms with E-state index in [-0.39, 0.29) is 5.78 Å². The second-order valence-corrected chi connectivity index (χ2v) is 5.43. The van der Waals surface area contributed by atoms with Crippen molar-refractivity contribution in [2.24, 2.45) is 0 Å². The molecular weight excluding hydrogens is 272 g/mol. The Morgan fingerprint density at radius 2 is 1.68 bits per heavy atom. The molecule has 0 N–H and O–H groups in total. The van der Waals surface area contributed by atoms with Gasteiger partial charge in [-0.2, -0.15) is 0 Å². The number of hydrogen-bond donors (Lipinski definition) is 0. The van der Waals surface area contributed by atoms with E-state index in [4.69, 9.17) is 0 Å². The van der Waals surface area contributed by atoms with Gasteiger partial charge >= 0.3 is 0 Å². The number of fused-ring (bicyclic) bond motifs is 1. The van der Waals surface area contributed by atoms with Crippen LogP contribution in [0.25, 0.3) is 22.4 Å². The molecule has 22 heavy (non-hydrogen) atoms. The Labute approximate surface area is 128 Å². The number of aromatic nitrogens is 2. The monoisotopic (exact) mass is 286 g/mol. The molecule has 0 bridgehead atoms. The number of pyridine rings is 2. The molecule has 3 nitrogen and oxygen atoms in total. The fourth-order valence-corrected chi connectivity index (χ4v) is 3.00.